The topological polar surface area (TPSA) is 144 Å². The Morgan fingerprint density at radius 1 is 1.00 bits per heavy atom. The van der Waals surface area contributed by atoms with Crippen LogP contribution in [0.4, 0.5) is 4.39 Å². The van der Waals surface area contributed by atoms with Crippen molar-refractivity contribution in [3.8, 4) is 0 Å². The lowest BCUT2D eigenvalue weighted by atomic mass is 9.90. The number of nitrogens with zero attached hydrogens (tertiary/aromatic N) is 3. The van der Waals surface area contributed by atoms with Crippen LogP contribution in [0.2, 0.25) is 5.02 Å². The van der Waals surface area contributed by atoms with Crippen molar-refractivity contribution in [2.24, 2.45) is 15.2 Å². The van der Waals surface area contributed by atoms with Crippen LogP contribution in [0.25, 0.3) is 0 Å². The molecule has 40 heavy (non-hydrogen) atoms. The van der Waals surface area contributed by atoms with Gasteiger partial charge in [0.15, 0.2) is 0 Å². The standard InChI is InChI=1S/C26H25ClFN5O5S2/c27-19-8-12-23(13-9-19)39(34,35)32-26(30-21-14-22(15-21)38-40(29,36)37)33-16-24(17-4-2-1-3-5-17)25(31-33)18-6-10-20(28)11-7-18/h1-13,21-22,24H,14-16H2,(H,30,32)(H2,29,36,37)/t21?,22?,24-/m0/s1. The molecule has 0 bridgehead atoms. The molecule has 0 amide bonds. The molecule has 1 aliphatic heterocycles. The summed E-state index contributed by atoms with van der Waals surface area (Å²) in [4.78, 5) is 4.55. The number of benzene rings is 3. The summed E-state index contributed by atoms with van der Waals surface area (Å²) in [7, 11) is -8.23. The first kappa shape index (κ1) is 28.2. The predicted octanol–water partition coefficient (Wildman–Crippen LogP) is 3.37. The van der Waals surface area contributed by atoms with Gasteiger partial charge in [-0.25, -0.2) is 32.7 Å². The average Bonchev–Trinajstić information content (AvgIpc) is 3.33. The minimum Gasteiger partial charge on any atom is -0.255 e. The average molecular weight is 606 g/mol. The van der Waals surface area contributed by atoms with Gasteiger partial charge in [0.2, 0.25) is 5.96 Å². The largest absolute Gasteiger partial charge is 0.333 e. The molecular formula is C26H25ClFN5O5S2. The molecule has 210 valence electrons. The third-order valence-electron chi connectivity index (χ3n) is 6.50. The number of rotatable bonds is 7. The molecule has 0 radical (unpaired) electrons. The third-order valence-corrected chi connectivity index (χ3v) is 8.63. The van der Waals surface area contributed by atoms with Crippen molar-refractivity contribution >= 4 is 43.6 Å². The van der Waals surface area contributed by atoms with E-state index in [0.29, 0.717) is 16.3 Å². The Bertz CT molecular complexity index is 1650. The number of nitrogens with one attached hydrogen (secondary N) is 1. The Hall–Kier alpha value is -3.36. The van der Waals surface area contributed by atoms with Crippen LogP contribution in [0.1, 0.15) is 29.9 Å². The van der Waals surface area contributed by atoms with Crippen molar-refractivity contribution in [3.05, 3.63) is 101 Å². The lowest BCUT2D eigenvalue weighted by molar-refractivity contribution is 0.108. The Morgan fingerprint density at radius 2 is 1.65 bits per heavy atom. The minimum atomic E-state index is -4.13. The molecule has 0 aromatic heterocycles. The molecule has 3 N–H and O–H groups in total. The number of nitrogens with two attached hydrogens (primary N) is 1. The molecule has 0 unspecified atom stereocenters. The summed E-state index contributed by atoms with van der Waals surface area (Å²) in [5, 5.41) is 11.5. The van der Waals surface area contributed by atoms with Gasteiger partial charge in [-0.2, -0.15) is 13.5 Å². The zero-order valence-corrected chi connectivity index (χ0v) is 23.3. The Balaban J connectivity index is 1.50. The van der Waals surface area contributed by atoms with Crippen LogP contribution in [0.15, 0.2) is 93.9 Å². The molecule has 0 spiro atoms. The van der Waals surface area contributed by atoms with Gasteiger partial charge >= 0.3 is 10.3 Å². The van der Waals surface area contributed by atoms with Crippen molar-refractivity contribution < 1.29 is 25.4 Å². The van der Waals surface area contributed by atoms with Crippen molar-refractivity contribution in [2.75, 3.05) is 6.54 Å². The summed E-state index contributed by atoms with van der Waals surface area (Å²) in [5.41, 5.74) is 2.20. The van der Waals surface area contributed by atoms with Gasteiger partial charge in [-0.15, -0.1) is 0 Å². The lowest BCUT2D eigenvalue weighted by Gasteiger charge is -2.32. The summed E-state index contributed by atoms with van der Waals surface area (Å²) in [5.74, 6) is -0.724. The van der Waals surface area contributed by atoms with Crippen LogP contribution in [0.5, 0.6) is 0 Å². The number of guanidine groups is 1. The van der Waals surface area contributed by atoms with E-state index in [-0.39, 0.29) is 36.2 Å². The van der Waals surface area contributed by atoms with E-state index in [1.807, 2.05) is 30.3 Å². The van der Waals surface area contributed by atoms with Crippen LogP contribution in [-0.2, 0) is 24.5 Å². The summed E-state index contributed by atoms with van der Waals surface area (Å²) in [6, 6.07) is 20.6. The molecule has 1 fully saturated rings. The van der Waals surface area contributed by atoms with E-state index in [9.17, 15) is 21.2 Å². The van der Waals surface area contributed by atoms with Crippen LogP contribution < -0.4 is 9.86 Å². The van der Waals surface area contributed by atoms with Crippen molar-refractivity contribution in [1.29, 1.82) is 0 Å². The molecule has 1 heterocycles. The fourth-order valence-electron chi connectivity index (χ4n) is 4.49. The van der Waals surface area contributed by atoms with Gasteiger partial charge < -0.3 is 0 Å². The fourth-order valence-corrected chi connectivity index (χ4v) is 6.16. The van der Waals surface area contributed by atoms with Gasteiger partial charge in [-0.1, -0.05) is 54.1 Å². The van der Waals surface area contributed by atoms with E-state index >= 15 is 0 Å². The van der Waals surface area contributed by atoms with Crippen molar-refractivity contribution in [2.45, 2.75) is 35.8 Å². The maximum Gasteiger partial charge on any atom is 0.333 e. The van der Waals surface area contributed by atoms with Crippen LogP contribution in [0, 0.1) is 5.82 Å². The van der Waals surface area contributed by atoms with Gasteiger partial charge in [0.05, 0.1) is 29.3 Å². The quantitative estimate of drug-likeness (QED) is 0.312. The molecule has 10 nitrogen and oxygen atoms in total. The zero-order valence-electron chi connectivity index (χ0n) is 20.9. The maximum atomic E-state index is 13.7. The van der Waals surface area contributed by atoms with Crippen molar-refractivity contribution in [3.63, 3.8) is 0 Å². The molecular weight excluding hydrogens is 581 g/mol. The van der Waals surface area contributed by atoms with Gasteiger partial charge in [-0.3, -0.25) is 4.18 Å². The molecule has 1 aliphatic carbocycles. The van der Waals surface area contributed by atoms with Gasteiger partial charge in [0, 0.05) is 10.9 Å². The van der Waals surface area contributed by atoms with Gasteiger partial charge in [-0.05, 0) is 60.4 Å². The van der Waals surface area contributed by atoms with Gasteiger partial charge in [0.1, 0.15) is 5.82 Å². The number of aliphatic imine (C=N–C) groups is 1. The minimum absolute atomic E-state index is 0.0322. The first-order valence-electron chi connectivity index (χ1n) is 12.2. The molecule has 5 rings (SSSR count). The van der Waals surface area contributed by atoms with E-state index in [1.54, 1.807) is 12.1 Å². The van der Waals surface area contributed by atoms with E-state index in [1.165, 1.54) is 41.4 Å². The smallest absolute Gasteiger partial charge is 0.255 e. The molecule has 2 aliphatic rings. The Labute approximate surface area is 236 Å². The monoisotopic (exact) mass is 605 g/mol. The molecule has 1 saturated carbocycles. The van der Waals surface area contributed by atoms with Crippen LogP contribution in [0.3, 0.4) is 0 Å². The SMILES string of the molecule is NS(=O)(=O)OC1CC(N=C(NS(=O)(=O)c2ccc(Cl)cc2)N2C[C@@H](c3ccccc3)C(c3ccc(F)cc3)=N2)C1. The number of sulfonamides is 1. The highest BCUT2D eigenvalue weighted by atomic mass is 35.5. The fraction of sp³-hybridized carbons (Fsp3) is 0.231. The molecule has 3 aromatic carbocycles. The van der Waals surface area contributed by atoms with Gasteiger partial charge in [0.25, 0.3) is 10.0 Å². The van der Waals surface area contributed by atoms with Crippen molar-refractivity contribution in [1.82, 2.24) is 9.73 Å². The first-order valence-corrected chi connectivity index (χ1v) is 15.5. The maximum absolute atomic E-state index is 13.7. The molecule has 14 heteroatoms. The van der Waals surface area contributed by atoms with Crippen LogP contribution >= 0.6 is 11.6 Å². The lowest BCUT2D eigenvalue weighted by Crippen LogP contribution is -2.45. The second-order valence-electron chi connectivity index (χ2n) is 9.39. The van der Waals surface area contributed by atoms with E-state index in [0.717, 1.165) is 5.56 Å². The van der Waals surface area contributed by atoms with E-state index in [4.69, 9.17) is 26.0 Å². The Kier molecular flexibility index (Phi) is 7.93. The highest BCUT2D eigenvalue weighted by molar-refractivity contribution is 7.90. The summed E-state index contributed by atoms with van der Waals surface area (Å²) in [6.07, 6.45) is -0.230. The molecule has 3 aromatic rings. The van der Waals surface area contributed by atoms with E-state index in [2.05, 4.69) is 9.71 Å². The first-order chi connectivity index (χ1) is 19.0. The summed E-state index contributed by atoms with van der Waals surface area (Å²) in [6.45, 7) is 0.239. The van der Waals surface area contributed by atoms with E-state index < -0.39 is 38.3 Å². The molecule has 1 atom stereocenters. The number of halogens is 2. The summed E-state index contributed by atoms with van der Waals surface area (Å²) >= 11 is 5.93. The van der Waals surface area contributed by atoms with Crippen LogP contribution in [-0.4, -0.2) is 52.2 Å². The third kappa shape index (κ3) is 6.67. The number of hydrazone groups is 1. The normalized spacial score (nSPS) is 21.6. The second kappa shape index (κ2) is 11.3. The number of hydrogen-bond acceptors (Lipinski definition) is 7. The Morgan fingerprint density at radius 3 is 2.27 bits per heavy atom. The second-order valence-corrected chi connectivity index (χ2v) is 12.7. The zero-order chi connectivity index (χ0) is 28.5. The highest BCUT2D eigenvalue weighted by Crippen LogP contribution is 2.31. The molecule has 0 saturated heterocycles. The predicted molar refractivity (Wildman–Crippen MR) is 149 cm³/mol. The highest BCUT2D eigenvalue weighted by Gasteiger charge is 2.37. The summed E-state index contributed by atoms with van der Waals surface area (Å²) < 4.78 is 70.2. The number of hydrogen-bond donors (Lipinski definition) is 2.